The van der Waals surface area contributed by atoms with Gasteiger partial charge in [0.05, 0.1) is 10.7 Å². The SMILES string of the molecule is COCc1nc(Cl)cc(Cc2nccs2)n1. The van der Waals surface area contributed by atoms with Crippen molar-refractivity contribution in [2.75, 3.05) is 7.11 Å². The maximum Gasteiger partial charge on any atom is 0.155 e. The van der Waals surface area contributed by atoms with Gasteiger partial charge < -0.3 is 4.74 Å². The van der Waals surface area contributed by atoms with Crippen molar-refractivity contribution in [1.82, 2.24) is 15.0 Å². The fourth-order valence-electron chi connectivity index (χ4n) is 1.30. The van der Waals surface area contributed by atoms with Crippen LogP contribution in [0.3, 0.4) is 0 Å². The van der Waals surface area contributed by atoms with Crippen LogP contribution >= 0.6 is 22.9 Å². The number of rotatable bonds is 4. The van der Waals surface area contributed by atoms with E-state index < -0.39 is 0 Å². The van der Waals surface area contributed by atoms with Crippen molar-refractivity contribution >= 4 is 22.9 Å². The van der Waals surface area contributed by atoms with Crippen molar-refractivity contribution < 1.29 is 4.74 Å². The largest absolute Gasteiger partial charge is 0.377 e. The summed E-state index contributed by atoms with van der Waals surface area (Å²) >= 11 is 7.50. The molecule has 4 nitrogen and oxygen atoms in total. The highest BCUT2D eigenvalue weighted by Gasteiger charge is 2.05. The first-order valence-corrected chi connectivity index (χ1v) is 5.93. The average molecular weight is 256 g/mol. The first kappa shape index (κ1) is 11.4. The average Bonchev–Trinajstić information content (AvgIpc) is 2.70. The summed E-state index contributed by atoms with van der Waals surface area (Å²) in [7, 11) is 1.60. The molecule has 0 saturated heterocycles. The van der Waals surface area contributed by atoms with Crippen LogP contribution in [0.5, 0.6) is 0 Å². The second-order valence-electron chi connectivity index (χ2n) is 3.13. The van der Waals surface area contributed by atoms with Crippen molar-refractivity contribution in [2.24, 2.45) is 0 Å². The van der Waals surface area contributed by atoms with Crippen LogP contribution in [0.1, 0.15) is 16.5 Å². The second-order valence-corrected chi connectivity index (χ2v) is 4.50. The standard InChI is InChI=1S/C10H10ClN3OS/c1-15-6-9-13-7(4-8(11)14-9)5-10-12-2-3-16-10/h2-4H,5-6H2,1H3. The summed E-state index contributed by atoms with van der Waals surface area (Å²) < 4.78 is 4.98. The Bertz CT molecular complexity index is 461. The van der Waals surface area contributed by atoms with Crippen LogP contribution in [0.4, 0.5) is 0 Å². The third-order valence-electron chi connectivity index (χ3n) is 1.88. The topological polar surface area (TPSA) is 47.9 Å². The molecule has 0 aromatic carbocycles. The maximum atomic E-state index is 5.90. The van der Waals surface area contributed by atoms with Gasteiger partial charge in [0.15, 0.2) is 5.82 Å². The number of nitrogens with zero attached hydrogens (tertiary/aromatic N) is 3. The summed E-state index contributed by atoms with van der Waals surface area (Å²) in [6, 6.07) is 1.75. The van der Waals surface area contributed by atoms with E-state index in [-0.39, 0.29) is 0 Å². The van der Waals surface area contributed by atoms with Crippen molar-refractivity contribution in [3.8, 4) is 0 Å². The Morgan fingerprint density at radius 3 is 3.00 bits per heavy atom. The van der Waals surface area contributed by atoms with E-state index in [1.807, 2.05) is 5.38 Å². The van der Waals surface area contributed by atoms with E-state index >= 15 is 0 Å². The highest BCUT2D eigenvalue weighted by atomic mass is 35.5. The molecule has 0 unspecified atom stereocenters. The van der Waals surface area contributed by atoms with E-state index in [1.165, 1.54) is 0 Å². The van der Waals surface area contributed by atoms with E-state index in [4.69, 9.17) is 16.3 Å². The minimum atomic E-state index is 0.366. The first-order chi connectivity index (χ1) is 7.78. The van der Waals surface area contributed by atoms with Gasteiger partial charge in [0, 0.05) is 25.1 Å². The molecule has 0 aliphatic heterocycles. The van der Waals surface area contributed by atoms with Gasteiger partial charge in [-0.1, -0.05) is 11.6 Å². The fraction of sp³-hybridized carbons (Fsp3) is 0.300. The van der Waals surface area contributed by atoms with E-state index in [0.29, 0.717) is 24.0 Å². The molecule has 0 N–H and O–H groups in total. The van der Waals surface area contributed by atoms with Gasteiger partial charge in [0.2, 0.25) is 0 Å². The molecular formula is C10H10ClN3OS. The molecule has 2 rings (SSSR count). The van der Waals surface area contributed by atoms with Crippen LogP contribution in [-0.2, 0) is 17.8 Å². The van der Waals surface area contributed by atoms with E-state index in [2.05, 4.69) is 15.0 Å². The minimum Gasteiger partial charge on any atom is -0.377 e. The van der Waals surface area contributed by atoms with Crippen molar-refractivity contribution in [3.05, 3.63) is 39.3 Å². The lowest BCUT2D eigenvalue weighted by atomic mass is 10.3. The van der Waals surface area contributed by atoms with Crippen LogP contribution < -0.4 is 0 Å². The third kappa shape index (κ3) is 2.98. The molecule has 0 bridgehead atoms. The van der Waals surface area contributed by atoms with Gasteiger partial charge in [0.25, 0.3) is 0 Å². The Kier molecular flexibility index (Phi) is 3.82. The molecule has 16 heavy (non-hydrogen) atoms. The first-order valence-electron chi connectivity index (χ1n) is 4.67. The monoisotopic (exact) mass is 255 g/mol. The number of aromatic nitrogens is 3. The number of hydrogen-bond donors (Lipinski definition) is 0. The van der Waals surface area contributed by atoms with Crippen LogP contribution in [0.15, 0.2) is 17.6 Å². The van der Waals surface area contributed by atoms with Gasteiger partial charge in [-0.2, -0.15) is 0 Å². The zero-order valence-corrected chi connectivity index (χ0v) is 10.3. The fourth-order valence-corrected chi connectivity index (χ4v) is 2.15. The molecular weight excluding hydrogens is 246 g/mol. The number of hydrogen-bond acceptors (Lipinski definition) is 5. The summed E-state index contributed by atoms with van der Waals surface area (Å²) in [6.07, 6.45) is 2.45. The normalized spacial score (nSPS) is 10.6. The van der Waals surface area contributed by atoms with Crippen LogP contribution in [0.25, 0.3) is 0 Å². The zero-order valence-electron chi connectivity index (χ0n) is 8.68. The summed E-state index contributed by atoms with van der Waals surface area (Å²) in [6.45, 7) is 0.366. The predicted molar refractivity (Wildman–Crippen MR) is 62.7 cm³/mol. The highest BCUT2D eigenvalue weighted by Crippen LogP contribution is 2.13. The lowest BCUT2D eigenvalue weighted by Gasteiger charge is -2.02. The maximum absolute atomic E-state index is 5.90. The van der Waals surface area contributed by atoms with Crippen molar-refractivity contribution in [3.63, 3.8) is 0 Å². The number of thiazole rings is 1. The molecule has 0 radical (unpaired) electrons. The summed E-state index contributed by atoms with van der Waals surface area (Å²) in [5, 5.41) is 3.39. The second kappa shape index (κ2) is 5.34. The van der Waals surface area contributed by atoms with Gasteiger partial charge >= 0.3 is 0 Å². The molecule has 6 heteroatoms. The Labute approximate surface area is 102 Å². The molecule has 2 heterocycles. The molecule has 0 atom stereocenters. The number of methoxy groups -OCH3 is 1. The predicted octanol–water partition coefficient (Wildman–Crippen LogP) is 2.32. The minimum absolute atomic E-state index is 0.366. The number of ether oxygens (including phenoxy) is 1. The van der Waals surface area contributed by atoms with Crippen molar-refractivity contribution in [2.45, 2.75) is 13.0 Å². The third-order valence-corrected chi connectivity index (χ3v) is 2.86. The van der Waals surface area contributed by atoms with Crippen LogP contribution in [-0.4, -0.2) is 22.1 Å². The van der Waals surface area contributed by atoms with Gasteiger partial charge in [0.1, 0.15) is 11.8 Å². The molecule has 0 saturated carbocycles. The quantitative estimate of drug-likeness (QED) is 0.787. The van der Waals surface area contributed by atoms with Gasteiger partial charge in [-0.15, -0.1) is 11.3 Å². The van der Waals surface area contributed by atoms with E-state index in [0.717, 1.165) is 10.7 Å². The molecule has 2 aromatic rings. The molecule has 0 amide bonds. The van der Waals surface area contributed by atoms with Gasteiger partial charge in [-0.3, -0.25) is 0 Å². The molecule has 0 aliphatic carbocycles. The Hall–Kier alpha value is -1.04. The molecule has 0 aliphatic rings. The summed E-state index contributed by atoms with van der Waals surface area (Å²) in [5.41, 5.74) is 0.863. The number of halogens is 1. The molecule has 0 spiro atoms. The molecule has 0 fully saturated rings. The summed E-state index contributed by atoms with van der Waals surface area (Å²) in [5.74, 6) is 0.599. The Morgan fingerprint density at radius 2 is 2.31 bits per heavy atom. The van der Waals surface area contributed by atoms with Crippen molar-refractivity contribution in [1.29, 1.82) is 0 Å². The molecule has 84 valence electrons. The van der Waals surface area contributed by atoms with Gasteiger partial charge in [-0.05, 0) is 6.07 Å². The van der Waals surface area contributed by atoms with Gasteiger partial charge in [-0.25, -0.2) is 15.0 Å². The highest BCUT2D eigenvalue weighted by molar-refractivity contribution is 7.09. The van der Waals surface area contributed by atoms with Crippen LogP contribution in [0.2, 0.25) is 5.15 Å². The lowest BCUT2D eigenvalue weighted by Crippen LogP contribution is -2.01. The summed E-state index contributed by atoms with van der Waals surface area (Å²) in [4.78, 5) is 12.6. The zero-order chi connectivity index (χ0) is 11.4. The smallest absolute Gasteiger partial charge is 0.155 e. The Balaban J connectivity index is 2.20. The molecule has 2 aromatic heterocycles. The van der Waals surface area contributed by atoms with E-state index in [9.17, 15) is 0 Å². The lowest BCUT2D eigenvalue weighted by molar-refractivity contribution is 0.177. The van der Waals surface area contributed by atoms with E-state index in [1.54, 1.807) is 30.7 Å². The van der Waals surface area contributed by atoms with Crippen LogP contribution in [0, 0.1) is 0 Å². The Morgan fingerprint density at radius 1 is 1.44 bits per heavy atom.